The van der Waals surface area contributed by atoms with Crippen molar-refractivity contribution in [3.63, 3.8) is 0 Å². The molecule has 14 heavy (non-hydrogen) atoms. The Morgan fingerprint density at radius 3 is 2.71 bits per heavy atom. The minimum atomic E-state index is 0.0260. The number of aliphatic hydroxyl groups excluding tert-OH is 1. The van der Waals surface area contributed by atoms with Crippen LogP contribution in [0.3, 0.4) is 0 Å². The van der Waals surface area contributed by atoms with E-state index in [1.165, 1.54) is 0 Å². The fourth-order valence-corrected chi connectivity index (χ4v) is 1.03. The van der Waals surface area contributed by atoms with Crippen LogP contribution in [0.4, 0.5) is 0 Å². The molecular weight excluding hydrogens is 178 g/mol. The van der Waals surface area contributed by atoms with Crippen LogP contribution in [0.25, 0.3) is 0 Å². The second-order valence-corrected chi connectivity index (χ2v) is 2.89. The maximum absolute atomic E-state index is 8.52. The zero-order valence-electron chi connectivity index (χ0n) is 8.31. The highest BCUT2D eigenvalue weighted by molar-refractivity contribution is 5.73. The summed E-state index contributed by atoms with van der Waals surface area (Å²) < 4.78 is 5.11. The molecule has 0 spiro atoms. The first kappa shape index (κ1) is 10.7. The summed E-state index contributed by atoms with van der Waals surface area (Å²) in [6.07, 6.45) is 0. The van der Waals surface area contributed by atoms with E-state index in [1.54, 1.807) is 6.92 Å². The zero-order valence-corrected chi connectivity index (χ0v) is 8.31. The molecule has 0 heterocycles. The molecule has 0 saturated heterocycles. The van der Waals surface area contributed by atoms with Crippen molar-refractivity contribution in [3.05, 3.63) is 35.9 Å². The Balaban J connectivity index is 2.39. The molecule has 76 valence electrons. The van der Waals surface area contributed by atoms with E-state index in [9.17, 15) is 0 Å². The van der Waals surface area contributed by atoms with Gasteiger partial charge in [-0.05, 0) is 5.56 Å². The van der Waals surface area contributed by atoms with E-state index in [1.807, 2.05) is 30.3 Å². The van der Waals surface area contributed by atoms with E-state index in [-0.39, 0.29) is 6.61 Å². The van der Waals surface area contributed by atoms with Gasteiger partial charge in [-0.1, -0.05) is 30.3 Å². The van der Waals surface area contributed by atoms with Crippen LogP contribution >= 0.6 is 0 Å². The minimum Gasteiger partial charge on any atom is -0.479 e. The van der Waals surface area contributed by atoms with Crippen LogP contribution in [0.2, 0.25) is 0 Å². The summed E-state index contributed by atoms with van der Waals surface area (Å²) in [6.45, 7) is 2.75. The van der Waals surface area contributed by atoms with Gasteiger partial charge >= 0.3 is 0 Å². The number of ether oxygens (including phenoxy) is 1. The number of benzene rings is 1. The first-order valence-corrected chi connectivity index (χ1v) is 4.61. The van der Waals surface area contributed by atoms with E-state index >= 15 is 0 Å². The molecule has 0 aliphatic rings. The van der Waals surface area contributed by atoms with Crippen LogP contribution in [0.15, 0.2) is 35.3 Å². The van der Waals surface area contributed by atoms with Crippen molar-refractivity contribution in [3.8, 4) is 0 Å². The first-order chi connectivity index (χ1) is 6.83. The van der Waals surface area contributed by atoms with Gasteiger partial charge in [-0.25, -0.2) is 0 Å². The molecule has 3 nitrogen and oxygen atoms in total. The normalized spacial score (nSPS) is 11.4. The minimum absolute atomic E-state index is 0.0260. The average Bonchev–Trinajstić information content (AvgIpc) is 2.25. The van der Waals surface area contributed by atoms with Crippen molar-refractivity contribution in [1.29, 1.82) is 0 Å². The van der Waals surface area contributed by atoms with E-state index < -0.39 is 0 Å². The average molecular weight is 193 g/mol. The highest BCUT2D eigenvalue weighted by atomic mass is 16.5. The van der Waals surface area contributed by atoms with Crippen molar-refractivity contribution in [2.75, 3.05) is 13.2 Å². The fourth-order valence-electron chi connectivity index (χ4n) is 1.03. The predicted octanol–water partition coefficient (Wildman–Crippen LogP) is 1.61. The van der Waals surface area contributed by atoms with Gasteiger partial charge in [-0.3, -0.25) is 4.99 Å². The summed E-state index contributed by atoms with van der Waals surface area (Å²) in [5, 5.41) is 8.52. The van der Waals surface area contributed by atoms with Crippen molar-refractivity contribution < 1.29 is 9.84 Å². The molecule has 0 atom stereocenters. The zero-order chi connectivity index (χ0) is 10.2. The van der Waals surface area contributed by atoms with Gasteiger partial charge < -0.3 is 9.84 Å². The van der Waals surface area contributed by atoms with Gasteiger partial charge in [-0.2, -0.15) is 0 Å². The highest BCUT2D eigenvalue weighted by Gasteiger charge is 1.91. The molecular formula is C11H15NO2. The van der Waals surface area contributed by atoms with Crippen LogP contribution in [-0.2, 0) is 11.3 Å². The third-order valence-corrected chi connectivity index (χ3v) is 1.73. The van der Waals surface area contributed by atoms with E-state index in [0.717, 1.165) is 5.56 Å². The lowest BCUT2D eigenvalue weighted by molar-refractivity contribution is 0.192. The first-order valence-electron chi connectivity index (χ1n) is 4.61. The second kappa shape index (κ2) is 6.16. The molecule has 0 aliphatic carbocycles. The highest BCUT2D eigenvalue weighted by Crippen LogP contribution is 2.00. The summed E-state index contributed by atoms with van der Waals surface area (Å²) in [5.74, 6) is 0.614. The third-order valence-electron chi connectivity index (χ3n) is 1.73. The molecule has 1 aromatic carbocycles. The number of rotatable bonds is 4. The maximum Gasteiger partial charge on any atom is 0.180 e. The van der Waals surface area contributed by atoms with Crippen LogP contribution in [0, 0.1) is 0 Å². The van der Waals surface area contributed by atoms with Gasteiger partial charge in [0, 0.05) is 6.92 Å². The Morgan fingerprint density at radius 1 is 1.36 bits per heavy atom. The number of aliphatic imine (C=N–C) groups is 1. The smallest absolute Gasteiger partial charge is 0.180 e. The van der Waals surface area contributed by atoms with Crippen LogP contribution in [0.5, 0.6) is 0 Å². The third kappa shape index (κ3) is 4.05. The lowest BCUT2D eigenvalue weighted by atomic mass is 10.2. The van der Waals surface area contributed by atoms with Crippen LogP contribution < -0.4 is 0 Å². The Hall–Kier alpha value is -1.35. The number of aliphatic hydroxyl groups is 1. The largest absolute Gasteiger partial charge is 0.479 e. The molecule has 0 aromatic heterocycles. The molecule has 0 unspecified atom stereocenters. The lowest BCUT2D eigenvalue weighted by Crippen LogP contribution is -2.05. The molecule has 1 aromatic rings. The molecule has 0 saturated carbocycles. The fraction of sp³-hybridized carbons (Fsp3) is 0.364. The Labute approximate surface area is 84.1 Å². The van der Waals surface area contributed by atoms with Gasteiger partial charge in [-0.15, -0.1) is 0 Å². The van der Waals surface area contributed by atoms with Crippen molar-refractivity contribution in [2.24, 2.45) is 4.99 Å². The molecule has 1 rings (SSSR count). The van der Waals surface area contributed by atoms with Crippen molar-refractivity contribution in [2.45, 2.75) is 13.5 Å². The SMILES string of the molecule is CC(=NCc1ccccc1)OCCO. The Bertz CT molecular complexity index is 283. The maximum atomic E-state index is 8.52. The number of hydrogen-bond acceptors (Lipinski definition) is 3. The van der Waals surface area contributed by atoms with Gasteiger partial charge in [0.1, 0.15) is 6.61 Å². The molecule has 0 fully saturated rings. The Kier molecular flexibility index (Phi) is 4.72. The summed E-state index contributed by atoms with van der Waals surface area (Å²) in [5.41, 5.74) is 1.15. The van der Waals surface area contributed by atoms with Crippen molar-refractivity contribution in [1.82, 2.24) is 0 Å². The Morgan fingerprint density at radius 2 is 2.07 bits per heavy atom. The number of hydrogen-bond donors (Lipinski definition) is 1. The van der Waals surface area contributed by atoms with E-state index in [4.69, 9.17) is 9.84 Å². The quantitative estimate of drug-likeness (QED) is 0.583. The molecule has 0 amide bonds. The molecule has 0 radical (unpaired) electrons. The molecule has 1 N–H and O–H groups in total. The molecule has 3 heteroatoms. The van der Waals surface area contributed by atoms with E-state index in [2.05, 4.69) is 4.99 Å². The summed E-state index contributed by atoms with van der Waals surface area (Å²) in [4.78, 5) is 4.22. The van der Waals surface area contributed by atoms with Gasteiger partial charge in [0.25, 0.3) is 0 Å². The number of nitrogens with zero attached hydrogens (tertiary/aromatic N) is 1. The van der Waals surface area contributed by atoms with Gasteiger partial charge in [0.15, 0.2) is 5.90 Å². The van der Waals surface area contributed by atoms with E-state index in [0.29, 0.717) is 19.0 Å². The predicted molar refractivity (Wildman–Crippen MR) is 56.3 cm³/mol. The second-order valence-electron chi connectivity index (χ2n) is 2.89. The monoisotopic (exact) mass is 193 g/mol. The topological polar surface area (TPSA) is 41.8 Å². The lowest BCUT2D eigenvalue weighted by Gasteiger charge is -2.02. The van der Waals surface area contributed by atoms with Gasteiger partial charge in [0.2, 0.25) is 0 Å². The van der Waals surface area contributed by atoms with Crippen LogP contribution in [-0.4, -0.2) is 24.2 Å². The summed E-state index contributed by atoms with van der Waals surface area (Å²) in [7, 11) is 0. The molecule has 0 bridgehead atoms. The van der Waals surface area contributed by atoms with Crippen molar-refractivity contribution >= 4 is 5.90 Å². The van der Waals surface area contributed by atoms with Gasteiger partial charge in [0.05, 0.1) is 13.2 Å². The standard InChI is InChI=1S/C11H15NO2/c1-10(14-8-7-13)12-9-11-5-3-2-4-6-11/h2-6,13H,7-9H2,1H3. The summed E-state index contributed by atoms with van der Waals surface area (Å²) >= 11 is 0. The molecule has 0 aliphatic heterocycles. The van der Waals surface area contributed by atoms with Crippen LogP contribution in [0.1, 0.15) is 12.5 Å². The summed E-state index contributed by atoms with van der Waals surface area (Å²) in [6, 6.07) is 9.97.